The normalized spacial score (nSPS) is 15.3. The molecule has 2 amide bonds. The van der Waals surface area contributed by atoms with Crippen molar-refractivity contribution in [2.45, 2.75) is 84.8 Å². The molecule has 1 aliphatic heterocycles. The molecule has 3 aromatic rings. The Kier molecular flexibility index (Phi) is 9.93. The van der Waals surface area contributed by atoms with Crippen molar-refractivity contribution in [1.29, 1.82) is 0 Å². The van der Waals surface area contributed by atoms with Gasteiger partial charge < -0.3 is 14.5 Å². The van der Waals surface area contributed by atoms with Crippen LogP contribution in [0, 0.1) is 6.92 Å². The van der Waals surface area contributed by atoms with Crippen LogP contribution in [0.15, 0.2) is 54.6 Å². The average molecular weight is 573 g/mol. The monoisotopic (exact) mass is 572 g/mol. The minimum absolute atomic E-state index is 0.0105. The first-order valence-electron chi connectivity index (χ1n) is 14.5. The van der Waals surface area contributed by atoms with Gasteiger partial charge in [-0.2, -0.15) is 5.48 Å². The van der Waals surface area contributed by atoms with E-state index in [9.17, 15) is 14.4 Å². The Morgan fingerprint density at radius 2 is 1.76 bits per heavy atom. The summed E-state index contributed by atoms with van der Waals surface area (Å²) < 4.78 is 5.98. The molecule has 222 valence electrons. The number of hydrogen-bond acceptors (Lipinski definition) is 7. The Bertz CT molecular complexity index is 1400. The summed E-state index contributed by atoms with van der Waals surface area (Å²) in [7, 11) is 0. The van der Waals surface area contributed by atoms with Crippen LogP contribution in [0.2, 0.25) is 0 Å². The molecule has 9 heteroatoms. The van der Waals surface area contributed by atoms with E-state index in [1.54, 1.807) is 11.8 Å². The minimum Gasteiger partial charge on any atom is -0.485 e. The van der Waals surface area contributed by atoms with E-state index in [0.717, 1.165) is 12.0 Å². The quantitative estimate of drug-likeness (QED) is 0.335. The van der Waals surface area contributed by atoms with Gasteiger partial charge in [0.05, 0.1) is 12.2 Å². The van der Waals surface area contributed by atoms with Crippen LogP contribution in [-0.4, -0.2) is 39.2 Å². The molecular weight excluding hydrogens is 532 g/mol. The van der Waals surface area contributed by atoms with Crippen molar-refractivity contribution in [3.63, 3.8) is 0 Å². The molecule has 1 saturated heterocycles. The van der Waals surface area contributed by atoms with E-state index in [-0.39, 0.29) is 48.3 Å². The summed E-state index contributed by atoms with van der Waals surface area (Å²) in [5.74, 6) is -0.612. The van der Waals surface area contributed by atoms with Gasteiger partial charge in [-0.3, -0.25) is 9.59 Å². The molecule has 2 aromatic carbocycles. The molecule has 1 fully saturated rings. The Morgan fingerprint density at radius 1 is 1.05 bits per heavy atom. The summed E-state index contributed by atoms with van der Waals surface area (Å²) in [4.78, 5) is 53.8. The maximum absolute atomic E-state index is 13.2. The van der Waals surface area contributed by atoms with Crippen molar-refractivity contribution in [2.24, 2.45) is 0 Å². The Hall–Kier alpha value is -4.27. The number of ether oxygens (including phenoxy) is 1. The zero-order chi connectivity index (χ0) is 30.3. The van der Waals surface area contributed by atoms with Crippen LogP contribution in [0.25, 0.3) is 0 Å². The predicted molar refractivity (Wildman–Crippen MR) is 159 cm³/mol. The second kappa shape index (κ2) is 13.6. The third-order valence-corrected chi connectivity index (χ3v) is 7.34. The lowest BCUT2D eigenvalue weighted by molar-refractivity contribution is -0.149. The number of aromatic nitrogens is 2. The van der Waals surface area contributed by atoms with Gasteiger partial charge >= 0.3 is 11.9 Å². The molecule has 0 spiro atoms. The molecule has 9 nitrogen and oxygen atoms in total. The van der Waals surface area contributed by atoms with E-state index in [0.29, 0.717) is 30.9 Å². The zero-order valence-corrected chi connectivity index (χ0v) is 25.1. The highest BCUT2D eigenvalue weighted by Gasteiger charge is 2.29. The van der Waals surface area contributed by atoms with E-state index >= 15 is 0 Å². The third kappa shape index (κ3) is 7.93. The maximum Gasteiger partial charge on any atom is 0.332 e. The van der Waals surface area contributed by atoms with Gasteiger partial charge in [0.25, 0.3) is 0 Å². The van der Waals surface area contributed by atoms with Gasteiger partial charge in [0.15, 0.2) is 11.4 Å². The first-order chi connectivity index (χ1) is 20.0. The van der Waals surface area contributed by atoms with Crippen LogP contribution in [0.3, 0.4) is 0 Å². The molecule has 0 saturated carbocycles. The minimum atomic E-state index is -0.724. The first kappa shape index (κ1) is 30.7. The predicted octanol–water partition coefficient (Wildman–Crippen LogP) is 5.56. The molecule has 1 unspecified atom stereocenters. The number of carbonyl (C=O) groups is 3. The first-order valence-corrected chi connectivity index (χ1v) is 14.5. The van der Waals surface area contributed by atoms with Crippen molar-refractivity contribution in [3.05, 3.63) is 88.5 Å². The van der Waals surface area contributed by atoms with Gasteiger partial charge in [0.2, 0.25) is 5.91 Å². The lowest BCUT2D eigenvalue weighted by atomic mass is 9.83. The SMILES string of the molecule is CCCC(=O)ONC(=O)c1nc(CN2CCC(c3ccc(C(C)(C)C)cc3)CC2=O)nc(C)c1OCc1ccccc1. The Labute approximate surface area is 247 Å². The van der Waals surface area contributed by atoms with Gasteiger partial charge in [0.1, 0.15) is 12.4 Å². The summed E-state index contributed by atoms with van der Waals surface area (Å²) in [5.41, 5.74) is 5.99. The highest BCUT2D eigenvalue weighted by Crippen LogP contribution is 2.32. The average Bonchev–Trinajstić information content (AvgIpc) is 2.96. The van der Waals surface area contributed by atoms with Crippen molar-refractivity contribution in [3.8, 4) is 5.75 Å². The van der Waals surface area contributed by atoms with Crippen LogP contribution in [0.5, 0.6) is 5.75 Å². The van der Waals surface area contributed by atoms with Gasteiger partial charge in [0, 0.05) is 19.4 Å². The second-order valence-electron chi connectivity index (χ2n) is 11.7. The van der Waals surface area contributed by atoms with Crippen molar-refractivity contribution >= 4 is 17.8 Å². The fraction of sp³-hybridized carbons (Fsp3) is 0.424. The Balaban J connectivity index is 1.49. The summed E-state index contributed by atoms with van der Waals surface area (Å²) >= 11 is 0. The number of carbonyl (C=O) groups excluding carboxylic acids is 3. The van der Waals surface area contributed by atoms with Gasteiger partial charge in [-0.1, -0.05) is 82.3 Å². The van der Waals surface area contributed by atoms with Gasteiger partial charge in [-0.15, -0.1) is 0 Å². The van der Waals surface area contributed by atoms with Crippen LogP contribution in [-0.2, 0) is 33.0 Å². The third-order valence-electron chi connectivity index (χ3n) is 7.34. The molecule has 0 aliphatic carbocycles. The standard InChI is InChI=1S/C33H40N4O5/c1-6-10-29(39)42-36-32(40)30-31(41-21-23-11-8-7-9-12-23)22(2)34-27(35-30)20-37-18-17-25(19-28(37)38)24-13-15-26(16-14-24)33(3,4)5/h7-9,11-16,25H,6,10,17-21H2,1-5H3,(H,36,40). The lowest BCUT2D eigenvalue weighted by Gasteiger charge is -2.32. The number of piperidine rings is 1. The number of hydroxylamine groups is 1. The fourth-order valence-electron chi connectivity index (χ4n) is 4.91. The zero-order valence-electron chi connectivity index (χ0n) is 25.1. The molecule has 42 heavy (non-hydrogen) atoms. The molecule has 1 atom stereocenters. The molecule has 1 N–H and O–H groups in total. The fourth-order valence-corrected chi connectivity index (χ4v) is 4.91. The van der Waals surface area contributed by atoms with Crippen LogP contribution in [0.4, 0.5) is 0 Å². The maximum atomic E-state index is 13.2. The molecule has 0 radical (unpaired) electrons. The molecular formula is C33H40N4O5. The van der Waals surface area contributed by atoms with Gasteiger partial charge in [-0.05, 0) is 47.8 Å². The Morgan fingerprint density at radius 3 is 2.40 bits per heavy atom. The largest absolute Gasteiger partial charge is 0.485 e. The van der Waals surface area contributed by atoms with Gasteiger partial charge in [-0.25, -0.2) is 14.8 Å². The molecule has 2 heterocycles. The summed E-state index contributed by atoms with van der Waals surface area (Å²) in [6.45, 7) is 11.0. The number of aryl methyl sites for hydroxylation is 1. The molecule has 4 rings (SSSR count). The highest BCUT2D eigenvalue weighted by atomic mass is 16.7. The van der Waals surface area contributed by atoms with Crippen molar-refractivity contribution < 1.29 is 24.0 Å². The summed E-state index contributed by atoms with van der Waals surface area (Å²) in [5, 5.41) is 0. The number of benzene rings is 2. The van der Waals surface area contributed by atoms with Crippen molar-refractivity contribution in [2.75, 3.05) is 6.54 Å². The van der Waals surface area contributed by atoms with Crippen molar-refractivity contribution in [1.82, 2.24) is 20.3 Å². The molecule has 1 aromatic heterocycles. The number of nitrogens with zero attached hydrogens (tertiary/aromatic N) is 3. The number of hydrogen-bond donors (Lipinski definition) is 1. The second-order valence-corrected chi connectivity index (χ2v) is 11.7. The van der Waals surface area contributed by atoms with Crippen LogP contribution < -0.4 is 10.2 Å². The summed E-state index contributed by atoms with van der Waals surface area (Å²) in [6.07, 6.45) is 1.97. The van der Waals surface area contributed by atoms with E-state index < -0.39 is 11.9 Å². The highest BCUT2D eigenvalue weighted by molar-refractivity contribution is 5.95. The van der Waals surface area contributed by atoms with E-state index in [1.807, 2.05) is 37.3 Å². The number of rotatable bonds is 9. The van der Waals surface area contributed by atoms with Crippen LogP contribution >= 0.6 is 0 Å². The number of nitrogens with one attached hydrogen (secondary N) is 1. The topological polar surface area (TPSA) is 111 Å². The number of amides is 2. The number of likely N-dealkylation sites (tertiary alicyclic amines) is 1. The summed E-state index contributed by atoms with van der Waals surface area (Å²) in [6, 6.07) is 18.1. The van der Waals surface area contributed by atoms with Crippen LogP contribution in [0.1, 0.15) is 98.0 Å². The van der Waals surface area contributed by atoms with E-state index in [4.69, 9.17) is 9.57 Å². The van der Waals surface area contributed by atoms with E-state index in [1.165, 1.54) is 11.1 Å². The molecule has 0 bridgehead atoms. The smallest absolute Gasteiger partial charge is 0.332 e. The lowest BCUT2D eigenvalue weighted by Crippen LogP contribution is -2.38. The van der Waals surface area contributed by atoms with E-state index in [2.05, 4.69) is 60.5 Å². The molecule has 1 aliphatic rings.